The zero-order valence-electron chi connectivity index (χ0n) is 8.86. The third-order valence-corrected chi connectivity index (χ3v) is 2.11. The average Bonchev–Trinajstić information content (AvgIpc) is 2.51. The van der Waals surface area contributed by atoms with Crippen LogP contribution in [-0.4, -0.2) is 34.8 Å². The lowest BCUT2D eigenvalue weighted by molar-refractivity contribution is 0.135. The van der Waals surface area contributed by atoms with E-state index < -0.39 is 0 Å². The van der Waals surface area contributed by atoms with Gasteiger partial charge >= 0.3 is 0 Å². The molecule has 1 rings (SSSR count). The molecule has 14 heavy (non-hydrogen) atoms. The normalized spacial score (nSPS) is 10.8. The molecule has 0 aromatic carbocycles. The lowest BCUT2D eigenvalue weighted by Gasteiger charge is -2.03. The first-order chi connectivity index (χ1) is 6.79. The minimum absolute atomic E-state index is 0.616. The van der Waals surface area contributed by atoms with E-state index in [0.717, 1.165) is 31.0 Å². The van der Waals surface area contributed by atoms with Gasteiger partial charge in [0.2, 0.25) is 0 Å². The predicted octanol–water partition coefficient (Wildman–Crippen LogP) is 0.124. The van der Waals surface area contributed by atoms with Crippen molar-refractivity contribution >= 4 is 0 Å². The van der Waals surface area contributed by atoms with E-state index in [1.807, 2.05) is 18.5 Å². The summed E-state index contributed by atoms with van der Waals surface area (Å²) in [5.41, 5.74) is 7.54. The number of rotatable bonds is 6. The molecule has 1 aromatic rings. The van der Waals surface area contributed by atoms with Crippen LogP contribution in [0.3, 0.4) is 0 Å². The highest BCUT2D eigenvalue weighted by atomic mass is 16.5. The SMILES string of the molecule is CCOCCn1nnc(CCN)c1C. The van der Waals surface area contributed by atoms with Crippen LogP contribution in [0.1, 0.15) is 18.3 Å². The molecular formula is C9H18N4O. The zero-order valence-corrected chi connectivity index (χ0v) is 8.86. The van der Waals surface area contributed by atoms with E-state index in [1.165, 1.54) is 0 Å². The molecule has 0 aliphatic rings. The summed E-state index contributed by atoms with van der Waals surface area (Å²) in [6, 6.07) is 0. The molecule has 0 unspecified atom stereocenters. The van der Waals surface area contributed by atoms with Gasteiger partial charge in [0, 0.05) is 13.0 Å². The lowest BCUT2D eigenvalue weighted by Crippen LogP contribution is -2.09. The molecule has 0 atom stereocenters. The van der Waals surface area contributed by atoms with E-state index in [1.54, 1.807) is 0 Å². The molecule has 0 bridgehead atoms. The van der Waals surface area contributed by atoms with Crippen LogP contribution in [0.5, 0.6) is 0 Å². The largest absolute Gasteiger partial charge is 0.380 e. The first-order valence-corrected chi connectivity index (χ1v) is 4.96. The van der Waals surface area contributed by atoms with Crippen molar-refractivity contribution in [1.82, 2.24) is 15.0 Å². The highest BCUT2D eigenvalue weighted by Crippen LogP contribution is 2.03. The quantitative estimate of drug-likeness (QED) is 0.659. The van der Waals surface area contributed by atoms with Gasteiger partial charge in [0.15, 0.2) is 0 Å². The van der Waals surface area contributed by atoms with Crippen LogP contribution in [0.15, 0.2) is 0 Å². The number of hydrogen-bond donors (Lipinski definition) is 1. The van der Waals surface area contributed by atoms with Crippen LogP contribution in [0.4, 0.5) is 0 Å². The highest BCUT2D eigenvalue weighted by molar-refractivity contribution is 5.07. The Morgan fingerprint density at radius 2 is 2.29 bits per heavy atom. The van der Waals surface area contributed by atoms with Crippen molar-refractivity contribution in [3.63, 3.8) is 0 Å². The second-order valence-corrected chi connectivity index (χ2v) is 3.08. The van der Waals surface area contributed by atoms with E-state index >= 15 is 0 Å². The summed E-state index contributed by atoms with van der Waals surface area (Å²) >= 11 is 0. The molecule has 0 aliphatic heterocycles. The number of ether oxygens (including phenoxy) is 1. The summed E-state index contributed by atoms with van der Waals surface area (Å²) in [6.45, 7) is 6.79. The Labute approximate surface area is 84.2 Å². The molecule has 1 aromatic heterocycles. The van der Waals surface area contributed by atoms with Crippen molar-refractivity contribution in [1.29, 1.82) is 0 Å². The first-order valence-electron chi connectivity index (χ1n) is 4.96. The second-order valence-electron chi connectivity index (χ2n) is 3.08. The fraction of sp³-hybridized carbons (Fsp3) is 0.778. The molecule has 0 saturated carbocycles. The molecule has 0 spiro atoms. The Morgan fingerprint density at radius 1 is 1.50 bits per heavy atom. The van der Waals surface area contributed by atoms with Gasteiger partial charge in [0.05, 0.1) is 24.5 Å². The molecule has 0 radical (unpaired) electrons. The van der Waals surface area contributed by atoms with Gasteiger partial charge in [0.25, 0.3) is 0 Å². The Bertz CT molecular complexity index is 272. The van der Waals surface area contributed by atoms with Gasteiger partial charge in [0.1, 0.15) is 0 Å². The minimum Gasteiger partial charge on any atom is -0.380 e. The van der Waals surface area contributed by atoms with Gasteiger partial charge in [-0.3, -0.25) is 0 Å². The summed E-state index contributed by atoms with van der Waals surface area (Å²) in [4.78, 5) is 0. The molecule has 0 fully saturated rings. The lowest BCUT2D eigenvalue weighted by atomic mass is 10.2. The molecule has 2 N–H and O–H groups in total. The van der Waals surface area contributed by atoms with Crippen molar-refractivity contribution in [3.8, 4) is 0 Å². The third-order valence-electron chi connectivity index (χ3n) is 2.11. The summed E-state index contributed by atoms with van der Waals surface area (Å²) in [5.74, 6) is 0. The van der Waals surface area contributed by atoms with E-state index in [4.69, 9.17) is 10.5 Å². The summed E-state index contributed by atoms with van der Waals surface area (Å²) in [5, 5.41) is 8.10. The van der Waals surface area contributed by atoms with Gasteiger partial charge in [-0.2, -0.15) is 0 Å². The van der Waals surface area contributed by atoms with Crippen molar-refractivity contribution in [2.45, 2.75) is 26.8 Å². The van der Waals surface area contributed by atoms with Gasteiger partial charge in [-0.1, -0.05) is 5.21 Å². The van der Waals surface area contributed by atoms with Crippen molar-refractivity contribution in [2.75, 3.05) is 19.8 Å². The predicted molar refractivity (Wildman–Crippen MR) is 54.0 cm³/mol. The number of nitrogens with two attached hydrogens (primary N) is 1. The number of nitrogens with zero attached hydrogens (tertiary/aromatic N) is 3. The van der Waals surface area contributed by atoms with Crippen LogP contribution < -0.4 is 5.73 Å². The highest BCUT2D eigenvalue weighted by Gasteiger charge is 2.06. The second kappa shape index (κ2) is 5.72. The zero-order chi connectivity index (χ0) is 10.4. The van der Waals surface area contributed by atoms with Gasteiger partial charge in [-0.15, -0.1) is 5.10 Å². The number of hydrogen-bond acceptors (Lipinski definition) is 4. The van der Waals surface area contributed by atoms with E-state index in [-0.39, 0.29) is 0 Å². The standard InChI is InChI=1S/C9H18N4O/c1-3-14-7-6-13-8(2)9(4-5-10)11-12-13/h3-7,10H2,1-2H3. The van der Waals surface area contributed by atoms with Crippen molar-refractivity contribution < 1.29 is 4.74 Å². The van der Waals surface area contributed by atoms with Gasteiger partial charge < -0.3 is 10.5 Å². The van der Waals surface area contributed by atoms with Crippen molar-refractivity contribution in [3.05, 3.63) is 11.4 Å². The maximum absolute atomic E-state index is 5.46. The average molecular weight is 198 g/mol. The van der Waals surface area contributed by atoms with Gasteiger partial charge in [-0.05, 0) is 20.4 Å². The number of aromatic nitrogens is 3. The first kappa shape index (κ1) is 11.1. The molecule has 0 saturated heterocycles. The monoisotopic (exact) mass is 198 g/mol. The van der Waals surface area contributed by atoms with E-state index in [0.29, 0.717) is 13.2 Å². The molecule has 1 heterocycles. The Balaban J connectivity index is 2.51. The van der Waals surface area contributed by atoms with Crippen LogP contribution in [-0.2, 0) is 17.7 Å². The Kier molecular flexibility index (Phi) is 4.55. The van der Waals surface area contributed by atoms with Crippen LogP contribution in [0.25, 0.3) is 0 Å². The molecular weight excluding hydrogens is 180 g/mol. The molecule has 5 heteroatoms. The molecule has 5 nitrogen and oxygen atoms in total. The molecule has 80 valence electrons. The molecule has 0 aliphatic carbocycles. The van der Waals surface area contributed by atoms with Crippen LogP contribution >= 0.6 is 0 Å². The fourth-order valence-corrected chi connectivity index (χ4v) is 1.27. The van der Waals surface area contributed by atoms with Crippen LogP contribution in [0, 0.1) is 6.92 Å². The minimum atomic E-state index is 0.616. The Hall–Kier alpha value is -0.940. The maximum atomic E-state index is 5.46. The third kappa shape index (κ3) is 2.78. The fourth-order valence-electron chi connectivity index (χ4n) is 1.27. The van der Waals surface area contributed by atoms with Gasteiger partial charge in [-0.25, -0.2) is 4.68 Å². The van der Waals surface area contributed by atoms with E-state index in [9.17, 15) is 0 Å². The summed E-state index contributed by atoms with van der Waals surface area (Å²) in [7, 11) is 0. The van der Waals surface area contributed by atoms with E-state index in [2.05, 4.69) is 10.3 Å². The topological polar surface area (TPSA) is 66.0 Å². The Morgan fingerprint density at radius 3 is 2.93 bits per heavy atom. The van der Waals surface area contributed by atoms with Crippen LogP contribution in [0.2, 0.25) is 0 Å². The molecule has 0 amide bonds. The smallest absolute Gasteiger partial charge is 0.0868 e. The maximum Gasteiger partial charge on any atom is 0.0868 e. The summed E-state index contributed by atoms with van der Waals surface area (Å²) in [6.07, 6.45) is 0.792. The van der Waals surface area contributed by atoms with Crippen molar-refractivity contribution in [2.24, 2.45) is 5.73 Å². The summed E-state index contributed by atoms with van der Waals surface area (Å²) < 4.78 is 7.11.